The van der Waals surface area contributed by atoms with E-state index < -0.39 is 0 Å². The fourth-order valence-electron chi connectivity index (χ4n) is 10.9. The van der Waals surface area contributed by atoms with Crippen LogP contribution in [-0.4, -0.2) is 9.13 Å². The lowest BCUT2D eigenvalue weighted by atomic mass is 9.59. The Morgan fingerprint density at radius 3 is 1.66 bits per heavy atom. The molecular weight excluding hydrogens is 677 g/mol. The molecule has 2 aliphatic carbocycles. The van der Waals surface area contributed by atoms with Gasteiger partial charge in [0.05, 0.1) is 22.1 Å². The van der Waals surface area contributed by atoms with E-state index in [9.17, 15) is 0 Å². The molecule has 2 heterocycles. The minimum absolute atomic E-state index is 0.00542. The third-order valence-corrected chi connectivity index (χ3v) is 15.2. The first kappa shape index (κ1) is 33.5. The van der Waals surface area contributed by atoms with Gasteiger partial charge >= 0.3 is 0 Å². The van der Waals surface area contributed by atoms with Crippen LogP contribution in [0.25, 0.3) is 77.2 Å². The summed E-state index contributed by atoms with van der Waals surface area (Å²) >= 11 is 0. The van der Waals surface area contributed by atoms with Crippen LogP contribution in [0.1, 0.15) is 77.6 Å². The second-order valence-corrected chi connectivity index (χ2v) is 18.6. The number of benzene rings is 7. The molecular formula is C54H48N2. The molecule has 274 valence electrons. The number of aromatic nitrogens is 2. The van der Waals surface area contributed by atoms with Gasteiger partial charge in [-0.3, -0.25) is 0 Å². The molecule has 0 radical (unpaired) electrons. The van der Waals surface area contributed by atoms with Crippen LogP contribution in [0.2, 0.25) is 0 Å². The maximum Gasteiger partial charge on any atom is 0.0547 e. The normalized spacial score (nSPS) is 17.1. The Balaban J connectivity index is 1.16. The third kappa shape index (κ3) is 4.07. The van der Waals surface area contributed by atoms with Crippen molar-refractivity contribution in [3.8, 4) is 33.6 Å². The summed E-state index contributed by atoms with van der Waals surface area (Å²) < 4.78 is 4.96. The van der Waals surface area contributed by atoms with Crippen LogP contribution in [-0.2, 0) is 16.2 Å². The summed E-state index contributed by atoms with van der Waals surface area (Å²) in [5.41, 5.74) is 18.4. The highest BCUT2D eigenvalue weighted by atomic mass is 15.0. The lowest BCUT2D eigenvalue weighted by molar-refractivity contribution is 0.125. The molecule has 56 heavy (non-hydrogen) atoms. The minimum Gasteiger partial charge on any atom is -0.309 e. The highest BCUT2D eigenvalue weighted by molar-refractivity contribution is 6.16. The van der Waals surface area contributed by atoms with Crippen molar-refractivity contribution >= 4 is 43.6 Å². The summed E-state index contributed by atoms with van der Waals surface area (Å²) in [5, 5.41) is 5.23. The first-order valence-electron chi connectivity index (χ1n) is 20.3. The second kappa shape index (κ2) is 10.9. The van der Waals surface area contributed by atoms with Crippen molar-refractivity contribution in [3.63, 3.8) is 0 Å². The van der Waals surface area contributed by atoms with E-state index in [1.54, 1.807) is 0 Å². The summed E-state index contributed by atoms with van der Waals surface area (Å²) in [7, 11) is 0. The molecule has 0 fully saturated rings. The van der Waals surface area contributed by atoms with Gasteiger partial charge in [0.2, 0.25) is 0 Å². The summed E-state index contributed by atoms with van der Waals surface area (Å²) in [4.78, 5) is 0. The van der Waals surface area contributed by atoms with E-state index in [2.05, 4.69) is 210 Å². The van der Waals surface area contributed by atoms with Gasteiger partial charge < -0.3 is 9.13 Å². The Kier molecular flexibility index (Phi) is 6.53. The molecule has 7 aromatic carbocycles. The Labute approximate surface area is 330 Å². The molecule has 11 rings (SSSR count). The molecule has 0 unspecified atom stereocenters. The molecule has 2 aromatic heterocycles. The Morgan fingerprint density at radius 1 is 0.357 bits per heavy atom. The molecule has 0 N–H and O–H groups in total. The maximum atomic E-state index is 2.57. The summed E-state index contributed by atoms with van der Waals surface area (Å²) in [6, 6.07) is 54.9. The Bertz CT molecular complexity index is 3110. The van der Waals surface area contributed by atoms with Gasteiger partial charge in [0.15, 0.2) is 0 Å². The van der Waals surface area contributed by atoms with Crippen LogP contribution in [0, 0.1) is 5.41 Å². The first-order chi connectivity index (χ1) is 26.8. The topological polar surface area (TPSA) is 9.86 Å². The fraction of sp³-hybridized carbons (Fsp3) is 0.222. The van der Waals surface area contributed by atoms with E-state index in [4.69, 9.17) is 0 Å². The van der Waals surface area contributed by atoms with Gasteiger partial charge in [-0.05, 0) is 121 Å². The van der Waals surface area contributed by atoms with E-state index in [-0.39, 0.29) is 21.7 Å². The largest absolute Gasteiger partial charge is 0.309 e. The van der Waals surface area contributed by atoms with Crippen LogP contribution < -0.4 is 0 Å². The molecule has 0 bridgehead atoms. The van der Waals surface area contributed by atoms with Crippen molar-refractivity contribution in [2.75, 3.05) is 0 Å². The highest BCUT2D eigenvalue weighted by Crippen LogP contribution is 2.62. The number of hydrogen-bond donors (Lipinski definition) is 0. The van der Waals surface area contributed by atoms with Crippen LogP contribution in [0.5, 0.6) is 0 Å². The lowest BCUT2D eigenvalue weighted by Gasteiger charge is -2.44. The van der Waals surface area contributed by atoms with Crippen LogP contribution in [0.3, 0.4) is 0 Å². The molecule has 0 amide bonds. The van der Waals surface area contributed by atoms with Gasteiger partial charge in [-0.25, -0.2) is 0 Å². The molecule has 0 spiro atoms. The Morgan fingerprint density at radius 2 is 0.911 bits per heavy atom. The van der Waals surface area contributed by atoms with Crippen LogP contribution in [0.15, 0.2) is 146 Å². The lowest BCUT2D eigenvalue weighted by Crippen LogP contribution is -2.42. The van der Waals surface area contributed by atoms with Crippen molar-refractivity contribution < 1.29 is 0 Å². The highest BCUT2D eigenvalue weighted by Gasteiger charge is 2.57. The summed E-state index contributed by atoms with van der Waals surface area (Å²) in [5.74, 6) is 0. The molecule has 2 heteroatoms. The second-order valence-electron chi connectivity index (χ2n) is 18.6. The molecule has 2 nitrogen and oxygen atoms in total. The molecule has 0 saturated carbocycles. The number of hydrogen-bond acceptors (Lipinski definition) is 0. The predicted octanol–water partition coefficient (Wildman–Crippen LogP) is 14.4. The molecule has 0 saturated heterocycles. The monoisotopic (exact) mass is 724 g/mol. The molecule has 0 atom stereocenters. The van der Waals surface area contributed by atoms with Gasteiger partial charge in [0, 0.05) is 38.3 Å². The molecule has 9 aromatic rings. The summed E-state index contributed by atoms with van der Waals surface area (Å²) in [6.45, 7) is 19.5. The standard InChI is InChI=1S/C54H48N2/c1-51(2)42-22-14-12-19-37(42)39-29-40-41-30-44-45(53(5,6)54(7,8)52(44,3)4)32-49(41)56(48(40)31-43(39)51)35-27-25-33(26-28-35)36-21-16-24-47-50(36)38-20-13-15-23-46(38)55(47)34-17-10-9-11-18-34/h9-32H,1-8H3. The van der Waals surface area contributed by atoms with Crippen LogP contribution in [0.4, 0.5) is 0 Å². The number of rotatable bonds is 3. The van der Waals surface area contributed by atoms with Gasteiger partial charge in [-0.15, -0.1) is 0 Å². The Hall–Kier alpha value is -5.86. The number of para-hydroxylation sites is 2. The third-order valence-electron chi connectivity index (χ3n) is 15.2. The van der Waals surface area contributed by atoms with Gasteiger partial charge in [0.1, 0.15) is 0 Å². The SMILES string of the molecule is CC1(C)c2ccccc2-c2cc3c4cc5c(cc4n(-c4ccc(-c6cccc7c6c6ccccc6n7-c6ccccc6)cc4)c3cc21)C(C)(C)C(C)(C)C5(C)C. The zero-order chi connectivity index (χ0) is 38.5. The van der Waals surface area contributed by atoms with Crippen molar-refractivity contribution in [1.29, 1.82) is 0 Å². The number of fused-ring (bicyclic) bond motifs is 10. The average molecular weight is 725 g/mol. The smallest absolute Gasteiger partial charge is 0.0547 e. The quantitative estimate of drug-likeness (QED) is 0.172. The van der Waals surface area contributed by atoms with Crippen molar-refractivity contribution in [3.05, 3.63) is 168 Å². The van der Waals surface area contributed by atoms with E-state index in [1.807, 2.05) is 0 Å². The van der Waals surface area contributed by atoms with E-state index in [0.29, 0.717) is 0 Å². The van der Waals surface area contributed by atoms with Crippen molar-refractivity contribution in [2.45, 2.75) is 71.6 Å². The van der Waals surface area contributed by atoms with Crippen molar-refractivity contribution in [1.82, 2.24) is 9.13 Å². The zero-order valence-electron chi connectivity index (χ0n) is 33.8. The van der Waals surface area contributed by atoms with Gasteiger partial charge in [0.25, 0.3) is 0 Å². The predicted molar refractivity (Wildman–Crippen MR) is 238 cm³/mol. The maximum absolute atomic E-state index is 2.57. The van der Waals surface area contributed by atoms with Gasteiger partial charge in [-0.1, -0.05) is 140 Å². The zero-order valence-corrected chi connectivity index (χ0v) is 33.8. The van der Waals surface area contributed by atoms with E-state index in [0.717, 1.165) is 0 Å². The number of nitrogens with zero attached hydrogens (tertiary/aromatic N) is 2. The van der Waals surface area contributed by atoms with Gasteiger partial charge in [-0.2, -0.15) is 0 Å². The summed E-state index contributed by atoms with van der Waals surface area (Å²) in [6.07, 6.45) is 0. The fourth-order valence-corrected chi connectivity index (χ4v) is 10.9. The molecule has 0 aliphatic heterocycles. The van der Waals surface area contributed by atoms with E-state index in [1.165, 1.54) is 99.5 Å². The molecule has 2 aliphatic rings. The van der Waals surface area contributed by atoms with E-state index >= 15 is 0 Å². The van der Waals surface area contributed by atoms with Crippen molar-refractivity contribution in [2.24, 2.45) is 5.41 Å². The average Bonchev–Trinajstić information content (AvgIpc) is 3.82. The first-order valence-corrected chi connectivity index (χ1v) is 20.3. The van der Waals surface area contributed by atoms with Crippen LogP contribution >= 0.6 is 0 Å². The minimum atomic E-state index is -0.0847.